The minimum atomic E-state index is 0.0413. The highest BCUT2D eigenvalue weighted by Crippen LogP contribution is 2.24. The van der Waals surface area contributed by atoms with Gasteiger partial charge in [-0.2, -0.15) is 0 Å². The number of aryl methyl sites for hydroxylation is 1. The highest BCUT2D eigenvalue weighted by Gasteiger charge is 2.27. The number of carbonyl (C=O) groups is 1. The number of aromatic nitrogens is 2. The summed E-state index contributed by atoms with van der Waals surface area (Å²) in [5.74, 6) is 1.30. The fourth-order valence-electron chi connectivity index (χ4n) is 4.53. The summed E-state index contributed by atoms with van der Waals surface area (Å²) in [5.41, 5.74) is 4.64. The molecule has 2 aromatic carbocycles. The Kier molecular flexibility index (Phi) is 6.18. The summed E-state index contributed by atoms with van der Waals surface area (Å²) in [6.07, 6.45) is 2.00. The van der Waals surface area contributed by atoms with Crippen LogP contribution in [-0.2, 0) is 17.9 Å². The molecule has 3 aromatic rings. The van der Waals surface area contributed by atoms with Crippen molar-refractivity contribution in [2.45, 2.75) is 52.7 Å². The first kappa shape index (κ1) is 20.6. The van der Waals surface area contributed by atoms with Crippen LogP contribution >= 0.6 is 0 Å². The largest absolute Gasteiger partial charge is 0.352 e. The lowest BCUT2D eigenvalue weighted by Crippen LogP contribution is -2.42. The molecule has 1 aliphatic heterocycles. The summed E-state index contributed by atoms with van der Waals surface area (Å²) >= 11 is 0. The zero-order valence-electron chi connectivity index (χ0n) is 18.3. The van der Waals surface area contributed by atoms with Gasteiger partial charge >= 0.3 is 0 Å². The molecule has 0 radical (unpaired) electrons. The third-order valence-electron chi connectivity index (χ3n) is 6.14. The number of piperidine rings is 1. The maximum atomic E-state index is 12.8. The first-order valence-electron chi connectivity index (χ1n) is 11.0. The minimum Gasteiger partial charge on any atom is -0.352 e. The number of nitrogens with zero attached hydrogens (tertiary/aromatic N) is 3. The maximum absolute atomic E-state index is 12.8. The molecule has 0 bridgehead atoms. The first-order valence-corrected chi connectivity index (χ1v) is 11.0. The molecule has 1 amide bonds. The van der Waals surface area contributed by atoms with E-state index in [9.17, 15) is 4.79 Å². The molecule has 1 aliphatic rings. The Morgan fingerprint density at radius 3 is 2.73 bits per heavy atom. The van der Waals surface area contributed by atoms with E-state index in [0.29, 0.717) is 12.6 Å². The number of rotatable bonds is 6. The predicted octanol–water partition coefficient (Wildman–Crippen LogP) is 4.45. The Labute approximate surface area is 179 Å². The lowest BCUT2D eigenvalue weighted by atomic mass is 9.97. The monoisotopic (exact) mass is 404 g/mol. The van der Waals surface area contributed by atoms with Gasteiger partial charge in [0, 0.05) is 19.1 Å². The van der Waals surface area contributed by atoms with Gasteiger partial charge < -0.3 is 9.88 Å². The van der Waals surface area contributed by atoms with Crippen LogP contribution in [0.25, 0.3) is 11.0 Å². The van der Waals surface area contributed by atoms with Crippen molar-refractivity contribution < 1.29 is 4.79 Å². The zero-order chi connectivity index (χ0) is 21.1. The Morgan fingerprint density at radius 2 is 1.93 bits per heavy atom. The molecule has 1 atom stereocenters. The average molecular weight is 405 g/mol. The third-order valence-corrected chi connectivity index (χ3v) is 6.14. The predicted molar refractivity (Wildman–Crippen MR) is 121 cm³/mol. The molecular formula is C25H32N4O. The van der Waals surface area contributed by atoms with Gasteiger partial charge in [-0.1, -0.05) is 36.4 Å². The van der Waals surface area contributed by atoms with Gasteiger partial charge in [0.25, 0.3) is 0 Å². The fraction of sp³-hybridized carbons (Fsp3) is 0.440. The number of fused-ring (bicyclic) bond motifs is 1. The van der Waals surface area contributed by atoms with Crippen LogP contribution in [0.1, 0.15) is 49.7 Å². The van der Waals surface area contributed by atoms with E-state index >= 15 is 0 Å². The molecule has 158 valence electrons. The van der Waals surface area contributed by atoms with E-state index < -0.39 is 0 Å². The van der Waals surface area contributed by atoms with E-state index in [1.807, 2.05) is 18.2 Å². The summed E-state index contributed by atoms with van der Waals surface area (Å²) in [7, 11) is 0. The molecule has 2 heterocycles. The standard InChI is InChI=1S/C25H32N4O/c1-18(2)29-23-13-7-6-12-22(23)27-24(29)17-28-14-8-11-21(16-28)25(30)26-15-20-10-5-4-9-19(20)3/h4-7,9-10,12-13,18,21H,8,11,14-17H2,1-3H3,(H,26,30)/t21-/m1/s1. The molecule has 5 heteroatoms. The highest BCUT2D eigenvalue weighted by molar-refractivity contribution is 5.79. The number of nitrogens with one attached hydrogen (secondary N) is 1. The number of hydrogen-bond acceptors (Lipinski definition) is 3. The number of amides is 1. The van der Waals surface area contributed by atoms with E-state index in [0.717, 1.165) is 43.8 Å². The minimum absolute atomic E-state index is 0.0413. The highest BCUT2D eigenvalue weighted by atomic mass is 16.1. The molecule has 0 aliphatic carbocycles. The second-order valence-corrected chi connectivity index (χ2v) is 8.70. The van der Waals surface area contributed by atoms with Crippen LogP contribution in [0.15, 0.2) is 48.5 Å². The van der Waals surface area contributed by atoms with Crippen LogP contribution < -0.4 is 5.32 Å². The molecule has 0 saturated carbocycles. The Hall–Kier alpha value is -2.66. The molecule has 5 nitrogen and oxygen atoms in total. The van der Waals surface area contributed by atoms with E-state index in [1.54, 1.807) is 0 Å². The smallest absolute Gasteiger partial charge is 0.224 e. The fourth-order valence-corrected chi connectivity index (χ4v) is 4.53. The van der Waals surface area contributed by atoms with Crippen molar-refractivity contribution in [3.05, 3.63) is 65.5 Å². The number of para-hydroxylation sites is 2. The van der Waals surface area contributed by atoms with Crippen LogP contribution in [0.2, 0.25) is 0 Å². The van der Waals surface area contributed by atoms with Crippen LogP contribution in [0.4, 0.5) is 0 Å². The van der Waals surface area contributed by atoms with Gasteiger partial charge in [0.15, 0.2) is 0 Å². The first-order chi connectivity index (χ1) is 14.5. The van der Waals surface area contributed by atoms with E-state index in [1.165, 1.54) is 16.6 Å². The Morgan fingerprint density at radius 1 is 1.17 bits per heavy atom. The van der Waals surface area contributed by atoms with Crippen molar-refractivity contribution in [1.82, 2.24) is 19.8 Å². The lowest BCUT2D eigenvalue weighted by molar-refractivity contribution is -0.127. The van der Waals surface area contributed by atoms with Gasteiger partial charge in [-0.15, -0.1) is 0 Å². The number of hydrogen-bond donors (Lipinski definition) is 1. The van der Waals surface area contributed by atoms with Gasteiger partial charge in [-0.05, 0) is 63.4 Å². The summed E-state index contributed by atoms with van der Waals surface area (Å²) in [6.45, 7) is 9.69. The number of imidazole rings is 1. The molecule has 1 saturated heterocycles. The molecule has 0 unspecified atom stereocenters. The molecule has 4 rings (SSSR count). The number of likely N-dealkylation sites (tertiary alicyclic amines) is 1. The maximum Gasteiger partial charge on any atom is 0.224 e. The molecular weight excluding hydrogens is 372 g/mol. The van der Waals surface area contributed by atoms with Crippen LogP contribution in [0, 0.1) is 12.8 Å². The third kappa shape index (κ3) is 4.41. The molecule has 1 aromatic heterocycles. The SMILES string of the molecule is Cc1ccccc1CNC(=O)[C@@H]1CCCN(Cc2nc3ccccc3n2C(C)C)C1. The Balaban J connectivity index is 1.42. The van der Waals surface area contributed by atoms with Crippen LogP contribution in [0.5, 0.6) is 0 Å². The topological polar surface area (TPSA) is 50.2 Å². The Bertz CT molecular complexity index is 1020. The zero-order valence-corrected chi connectivity index (χ0v) is 18.3. The average Bonchev–Trinajstić information content (AvgIpc) is 3.11. The summed E-state index contributed by atoms with van der Waals surface area (Å²) in [6, 6.07) is 16.9. The summed E-state index contributed by atoms with van der Waals surface area (Å²) in [5, 5.41) is 3.16. The lowest BCUT2D eigenvalue weighted by Gasteiger charge is -2.32. The summed E-state index contributed by atoms with van der Waals surface area (Å²) < 4.78 is 2.33. The second kappa shape index (κ2) is 9.00. The number of carbonyl (C=O) groups excluding carboxylic acids is 1. The molecule has 30 heavy (non-hydrogen) atoms. The van der Waals surface area contributed by atoms with E-state index in [-0.39, 0.29) is 11.8 Å². The van der Waals surface area contributed by atoms with Crippen LogP contribution in [0.3, 0.4) is 0 Å². The quantitative estimate of drug-likeness (QED) is 0.660. The second-order valence-electron chi connectivity index (χ2n) is 8.70. The normalized spacial score (nSPS) is 17.5. The van der Waals surface area contributed by atoms with Gasteiger partial charge in [0.05, 0.1) is 23.5 Å². The van der Waals surface area contributed by atoms with Crippen LogP contribution in [-0.4, -0.2) is 33.4 Å². The van der Waals surface area contributed by atoms with Gasteiger partial charge in [-0.25, -0.2) is 4.98 Å². The van der Waals surface area contributed by atoms with Crippen molar-refractivity contribution in [3.8, 4) is 0 Å². The molecule has 1 fully saturated rings. The van der Waals surface area contributed by atoms with Crippen molar-refractivity contribution in [2.24, 2.45) is 5.92 Å². The van der Waals surface area contributed by atoms with Crippen molar-refractivity contribution >= 4 is 16.9 Å². The van der Waals surface area contributed by atoms with Crippen molar-refractivity contribution in [1.29, 1.82) is 0 Å². The molecule has 1 N–H and O–H groups in total. The summed E-state index contributed by atoms with van der Waals surface area (Å²) in [4.78, 5) is 20.1. The van der Waals surface area contributed by atoms with Gasteiger partial charge in [0.1, 0.15) is 5.82 Å². The molecule has 0 spiro atoms. The van der Waals surface area contributed by atoms with E-state index in [4.69, 9.17) is 4.98 Å². The van der Waals surface area contributed by atoms with Gasteiger partial charge in [-0.3, -0.25) is 9.69 Å². The number of benzene rings is 2. The van der Waals surface area contributed by atoms with Gasteiger partial charge in [0.2, 0.25) is 5.91 Å². The van der Waals surface area contributed by atoms with Crippen molar-refractivity contribution in [2.75, 3.05) is 13.1 Å². The van der Waals surface area contributed by atoms with Crippen molar-refractivity contribution in [3.63, 3.8) is 0 Å². The van der Waals surface area contributed by atoms with E-state index in [2.05, 4.69) is 65.9 Å².